The van der Waals surface area contributed by atoms with Crippen LogP contribution in [-0.2, 0) is 16.1 Å². The third-order valence-corrected chi connectivity index (χ3v) is 5.89. The number of nitrogens with one attached hydrogen (secondary N) is 1. The molecule has 0 saturated carbocycles. The lowest BCUT2D eigenvalue weighted by atomic mass is 10.2. The van der Waals surface area contributed by atoms with Crippen LogP contribution in [0.1, 0.15) is 12.0 Å². The number of nitrogens with zero attached hydrogens (tertiary/aromatic N) is 4. The van der Waals surface area contributed by atoms with Crippen molar-refractivity contribution in [3.05, 3.63) is 51.4 Å². The fourth-order valence-corrected chi connectivity index (χ4v) is 4.10. The molecule has 30 heavy (non-hydrogen) atoms. The molecule has 3 N–H and O–H groups in total. The number of primary amides is 1. The number of aryl methyl sites for hydroxylation is 1. The van der Waals surface area contributed by atoms with Gasteiger partial charge in [-0.2, -0.15) is 0 Å². The Morgan fingerprint density at radius 2 is 2.13 bits per heavy atom. The van der Waals surface area contributed by atoms with Crippen molar-refractivity contribution in [1.29, 1.82) is 0 Å². The fourth-order valence-electron chi connectivity index (χ4n) is 2.62. The SMILES string of the molecule is Cc1ccc(NC(=O)CSc2nnc(-c3cccs3)n2CCC(N)=O)cc1[N+](=O)[O-]. The predicted molar refractivity (Wildman–Crippen MR) is 114 cm³/mol. The summed E-state index contributed by atoms with van der Waals surface area (Å²) >= 11 is 2.64. The number of thioether (sulfide) groups is 1. The Balaban J connectivity index is 1.70. The first-order chi connectivity index (χ1) is 14.3. The first-order valence-electron chi connectivity index (χ1n) is 8.78. The minimum atomic E-state index is -0.493. The van der Waals surface area contributed by atoms with E-state index in [9.17, 15) is 19.7 Å². The zero-order valence-corrected chi connectivity index (χ0v) is 17.5. The summed E-state index contributed by atoms with van der Waals surface area (Å²) in [6.07, 6.45) is 0.114. The van der Waals surface area contributed by atoms with Crippen LogP contribution in [0.15, 0.2) is 40.9 Å². The van der Waals surface area contributed by atoms with Gasteiger partial charge in [0.05, 0.1) is 15.6 Å². The van der Waals surface area contributed by atoms with Crippen molar-refractivity contribution < 1.29 is 14.5 Å². The number of thiophene rings is 1. The first kappa shape index (κ1) is 21.5. The van der Waals surface area contributed by atoms with E-state index in [0.29, 0.717) is 28.8 Å². The standard InChI is InChI=1S/C18H18N6O4S2/c1-11-4-5-12(9-13(11)24(27)28)20-16(26)10-30-18-22-21-17(14-3-2-8-29-14)23(18)7-6-15(19)25/h2-5,8-9H,6-7,10H2,1H3,(H2,19,25)(H,20,26). The van der Waals surface area contributed by atoms with Crippen LogP contribution in [0.3, 0.4) is 0 Å². The van der Waals surface area contributed by atoms with Crippen molar-refractivity contribution >= 4 is 46.3 Å². The number of hydrogen-bond acceptors (Lipinski definition) is 8. The van der Waals surface area contributed by atoms with Crippen LogP contribution in [0.4, 0.5) is 11.4 Å². The molecule has 0 spiro atoms. The van der Waals surface area contributed by atoms with Gasteiger partial charge in [-0.1, -0.05) is 23.9 Å². The van der Waals surface area contributed by atoms with Gasteiger partial charge in [-0.3, -0.25) is 19.7 Å². The van der Waals surface area contributed by atoms with Crippen molar-refractivity contribution in [2.75, 3.05) is 11.1 Å². The highest BCUT2D eigenvalue weighted by Gasteiger charge is 2.18. The summed E-state index contributed by atoms with van der Waals surface area (Å²) in [4.78, 5) is 35.0. The summed E-state index contributed by atoms with van der Waals surface area (Å²) in [5.74, 6) is -0.181. The molecule has 3 aromatic rings. The number of benzene rings is 1. The predicted octanol–water partition coefficient (Wildman–Crippen LogP) is 2.83. The number of carbonyl (C=O) groups is 2. The Bertz CT molecular complexity index is 1080. The third-order valence-electron chi connectivity index (χ3n) is 4.06. The Labute approximate surface area is 179 Å². The molecule has 0 radical (unpaired) electrons. The Kier molecular flexibility index (Phi) is 6.79. The maximum atomic E-state index is 12.3. The van der Waals surface area contributed by atoms with Crippen LogP contribution < -0.4 is 11.1 Å². The van der Waals surface area contributed by atoms with E-state index in [-0.39, 0.29) is 23.8 Å². The summed E-state index contributed by atoms with van der Waals surface area (Å²) in [7, 11) is 0. The molecule has 0 aliphatic carbocycles. The normalized spacial score (nSPS) is 10.7. The van der Waals surface area contributed by atoms with Crippen molar-refractivity contribution in [1.82, 2.24) is 14.8 Å². The molecule has 2 amide bonds. The minimum Gasteiger partial charge on any atom is -0.370 e. The van der Waals surface area contributed by atoms with Crippen molar-refractivity contribution in [3.8, 4) is 10.7 Å². The van der Waals surface area contributed by atoms with Gasteiger partial charge in [-0.05, 0) is 24.4 Å². The van der Waals surface area contributed by atoms with E-state index in [1.807, 2.05) is 17.5 Å². The quantitative estimate of drug-likeness (QED) is 0.292. The van der Waals surface area contributed by atoms with E-state index in [1.54, 1.807) is 23.6 Å². The first-order valence-corrected chi connectivity index (χ1v) is 10.6. The van der Waals surface area contributed by atoms with Gasteiger partial charge >= 0.3 is 0 Å². The molecule has 0 aliphatic rings. The van der Waals surface area contributed by atoms with Crippen molar-refractivity contribution in [3.63, 3.8) is 0 Å². The highest BCUT2D eigenvalue weighted by atomic mass is 32.2. The van der Waals surface area contributed by atoms with Gasteiger partial charge in [0.15, 0.2) is 11.0 Å². The van der Waals surface area contributed by atoms with Gasteiger partial charge < -0.3 is 15.6 Å². The zero-order valence-electron chi connectivity index (χ0n) is 15.9. The van der Waals surface area contributed by atoms with Crippen LogP contribution in [0.5, 0.6) is 0 Å². The van der Waals surface area contributed by atoms with Crippen LogP contribution in [0, 0.1) is 17.0 Å². The monoisotopic (exact) mass is 446 g/mol. The highest BCUT2D eigenvalue weighted by Crippen LogP contribution is 2.28. The number of nitro benzene ring substituents is 1. The number of anilines is 1. The summed E-state index contributed by atoms with van der Waals surface area (Å²) in [5, 5.41) is 24.4. The molecular formula is C18H18N6O4S2. The Hall–Kier alpha value is -3.25. The van der Waals surface area contributed by atoms with Crippen molar-refractivity contribution in [2.45, 2.75) is 25.0 Å². The summed E-state index contributed by atoms with van der Waals surface area (Å²) in [5.41, 5.74) is 6.06. The van der Waals surface area contributed by atoms with E-state index in [2.05, 4.69) is 15.5 Å². The Morgan fingerprint density at radius 1 is 1.33 bits per heavy atom. The molecule has 3 rings (SSSR count). The van der Waals surface area contributed by atoms with Gasteiger partial charge in [0.25, 0.3) is 5.69 Å². The molecule has 0 aliphatic heterocycles. The second kappa shape index (κ2) is 9.50. The number of nitro groups is 1. The van der Waals surface area contributed by atoms with E-state index >= 15 is 0 Å². The molecule has 0 saturated heterocycles. The second-order valence-corrected chi connectivity index (χ2v) is 8.14. The van der Waals surface area contributed by atoms with Gasteiger partial charge in [-0.15, -0.1) is 21.5 Å². The summed E-state index contributed by atoms with van der Waals surface area (Å²) in [6, 6.07) is 8.28. The molecule has 156 valence electrons. The van der Waals surface area contributed by atoms with E-state index < -0.39 is 10.8 Å². The minimum absolute atomic E-state index is 0.0147. The fraction of sp³-hybridized carbons (Fsp3) is 0.222. The zero-order chi connectivity index (χ0) is 21.7. The highest BCUT2D eigenvalue weighted by molar-refractivity contribution is 7.99. The Morgan fingerprint density at radius 3 is 2.80 bits per heavy atom. The molecule has 2 aromatic heterocycles. The van der Waals surface area contributed by atoms with Gasteiger partial charge in [-0.25, -0.2) is 0 Å². The smallest absolute Gasteiger partial charge is 0.274 e. The third kappa shape index (κ3) is 5.21. The maximum absolute atomic E-state index is 12.3. The number of carbonyl (C=O) groups excluding carboxylic acids is 2. The number of nitrogens with two attached hydrogens (primary N) is 1. The molecular weight excluding hydrogens is 428 g/mol. The lowest BCUT2D eigenvalue weighted by Gasteiger charge is -2.09. The van der Waals surface area contributed by atoms with Gasteiger partial charge in [0.2, 0.25) is 11.8 Å². The van der Waals surface area contributed by atoms with E-state index in [4.69, 9.17) is 5.73 Å². The number of amides is 2. The number of aromatic nitrogens is 3. The lowest BCUT2D eigenvalue weighted by Crippen LogP contribution is -2.16. The largest absolute Gasteiger partial charge is 0.370 e. The summed E-state index contributed by atoms with van der Waals surface area (Å²) < 4.78 is 1.76. The molecule has 10 nitrogen and oxygen atoms in total. The van der Waals surface area contributed by atoms with Crippen molar-refractivity contribution in [2.24, 2.45) is 5.73 Å². The molecule has 1 aromatic carbocycles. The average Bonchev–Trinajstić information content (AvgIpc) is 3.35. The molecule has 0 fully saturated rings. The molecule has 12 heteroatoms. The number of rotatable bonds is 9. The van der Waals surface area contributed by atoms with Crippen LogP contribution in [0.25, 0.3) is 10.7 Å². The lowest BCUT2D eigenvalue weighted by molar-refractivity contribution is -0.385. The van der Waals surface area contributed by atoms with Crippen LogP contribution in [0.2, 0.25) is 0 Å². The average molecular weight is 447 g/mol. The maximum Gasteiger partial charge on any atom is 0.274 e. The van der Waals surface area contributed by atoms with Gasteiger partial charge in [0, 0.05) is 30.3 Å². The summed E-state index contributed by atoms with van der Waals surface area (Å²) in [6.45, 7) is 1.92. The van der Waals surface area contributed by atoms with Crippen LogP contribution >= 0.6 is 23.1 Å². The topological polar surface area (TPSA) is 146 Å². The molecule has 0 atom stereocenters. The number of hydrogen-bond donors (Lipinski definition) is 2. The molecule has 0 unspecified atom stereocenters. The van der Waals surface area contributed by atoms with E-state index in [0.717, 1.165) is 16.6 Å². The molecule has 0 bridgehead atoms. The second-order valence-electron chi connectivity index (χ2n) is 6.25. The van der Waals surface area contributed by atoms with E-state index in [1.165, 1.54) is 17.4 Å². The molecule has 2 heterocycles. The van der Waals surface area contributed by atoms with Gasteiger partial charge in [0.1, 0.15) is 0 Å². The van der Waals surface area contributed by atoms with Crippen LogP contribution in [-0.4, -0.2) is 37.3 Å².